The monoisotopic (exact) mass is 281 g/mol. The van der Waals surface area contributed by atoms with E-state index in [1.54, 1.807) is 13.8 Å². The van der Waals surface area contributed by atoms with Crippen LogP contribution in [-0.4, -0.2) is 40.2 Å². The van der Waals surface area contributed by atoms with E-state index >= 15 is 0 Å². The summed E-state index contributed by atoms with van der Waals surface area (Å²) in [6, 6.07) is 0. The van der Waals surface area contributed by atoms with Crippen molar-refractivity contribution in [1.29, 1.82) is 0 Å². The summed E-state index contributed by atoms with van der Waals surface area (Å²) in [5.74, 6) is -1.07. The molecular formula is C14H23N3O3. The molecule has 1 saturated carbocycles. The van der Waals surface area contributed by atoms with E-state index in [0.29, 0.717) is 0 Å². The highest BCUT2D eigenvalue weighted by Crippen LogP contribution is 2.30. The summed E-state index contributed by atoms with van der Waals surface area (Å²) in [7, 11) is 0. The van der Waals surface area contributed by atoms with Gasteiger partial charge in [-0.25, -0.2) is 0 Å². The maximum absolute atomic E-state index is 12.5. The van der Waals surface area contributed by atoms with Crippen LogP contribution in [0.4, 0.5) is 0 Å². The summed E-state index contributed by atoms with van der Waals surface area (Å²) in [5.41, 5.74) is 4.80. The van der Waals surface area contributed by atoms with Crippen LogP contribution in [0.15, 0.2) is 0 Å². The average Bonchev–Trinajstić information content (AvgIpc) is 2.34. The minimum atomic E-state index is -1.00. The lowest BCUT2D eigenvalue weighted by Crippen LogP contribution is -2.66. The first-order chi connectivity index (χ1) is 9.24. The highest BCUT2D eigenvalue weighted by atomic mass is 16.2. The van der Waals surface area contributed by atoms with Gasteiger partial charge in [-0.3, -0.25) is 19.7 Å². The van der Waals surface area contributed by atoms with Crippen molar-refractivity contribution >= 4 is 17.7 Å². The summed E-state index contributed by atoms with van der Waals surface area (Å²) in [4.78, 5) is 37.2. The molecule has 2 rings (SSSR count). The molecule has 1 heterocycles. The predicted molar refractivity (Wildman–Crippen MR) is 73.6 cm³/mol. The summed E-state index contributed by atoms with van der Waals surface area (Å²) >= 11 is 0. The fraction of sp³-hybridized carbons (Fsp3) is 0.786. The number of nitrogens with one attached hydrogen (secondary N) is 1. The van der Waals surface area contributed by atoms with Crippen molar-refractivity contribution in [3.05, 3.63) is 0 Å². The van der Waals surface area contributed by atoms with Crippen LogP contribution in [0.5, 0.6) is 0 Å². The van der Waals surface area contributed by atoms with Crippen LogP contribution in [0.2, 0.25) is 0 Å². The smallest absolute Gasteiger partial charge is 0.252 e. The van der Waals surface area contributed by atoms with Gasteiger partial charge in [-0.05, 0) is 26.7 Å². The third-order valence-corrected chi connectivity index (χ3v) is 4.44. The van der Waals surface area contributed by atoms with E-state index in [4.69, 9.17) is 5.73 Å². The number of nitrogens with two attached hydrogens (primary N) is 1. The Morgan fingerprint density at radius 1 is 1.25 bits per heavy atom. The van der Waals surface area contributed by atoms with E-state index in [0.717, 1.165) is 32.1 Å². The van der Waals surface area contributed by atoms with E-state index < -0.39 is 22.9 Å². The highest BCUT2D eigenvalue weighted by Gasteiger charge is 2.45. The Labute approximate surface area is 119 Å². The summed E-state index contributed by atoms with van der Waals surface area (Å²) in [5, 5.41) is 2.26. The van der Waals surface area contributed by atoms with Crippen molar-refractivity contribution in [1.82, 2.24) is 10.2 Å². The zero-order valence-electron chi connectivity index (χ0n) is 12.2. The second kappa shape index (κ2) is 5.16. The number of hydrogen-bond acceptors (Lipinski definition) is 4. The van der Waals surface area contributed by atoms with Crippen LogP contribution < -0.4 is 11.1 Å². The Bertz CT molecular complexity index is 439. The molecule has 0 atom stereocenters. The molecule has 3 amide bonds. The van der Waals surface area contributed by atoms with E-state index in [-0.39, 0.29) is 18.9 Å². The minimum Gasteiger partial charge on any atom is -0.325 e. The summed E-state index contributed by atoms with van der Waals surface area (Å²) < 4.78 is 0. The molecule has 2 aliphatic rings. The Hall–Kier alpha value is -1.43. The fourth-order valence-corrected chi connectivity index (χ4v) is 3.01. The molecule has 6 heteroatoms. The van der Waals surface area contributed by atoms with Gasteiger partial charge in [-0.2, -0.15) is 0 Å². The molecule has 0 aromatic rings. The van der Waals surface area contributed by atoms with E-state index in [1.807, 2.05) is 0 Å². The van der Waals surface area contributed by atoms with Gasteiger partial charge >= 0.3 is 0 Å². The lowest BCUT2D eigenvalue weighted by molar-refractivity contribution is -0.156. The van der Waals surface area contributed by atoms with Crippen molar-refractivity contribution in [2.24, 2.45) is 5.73 Å². The van der Waals surface area contributed by atoms with E-state index in [9.17, 15) is 14.4 Å². The number of carbonyl (C=O) groups excluding carboxylic acids is 3. The summed E-state index contributed by atoms with van der Waals surface area (Å²) in [6.45, 7) is 3.22. The van der Waals surface area contributed by atoms with Gasteiger partial charge in [0.2, 0.25) is 11.8 Å². The number of rotatable bonds is 2. The molecule has 0 unspecified atom stereocenters. The van der Waals surface area contributed by atoms with E-state index in [1.165, 1.54) is 4.90 Å². The van der Waals surface area contributed by atoms with Gasteiger partial charge in [-0.1, -0.05) is 19.3 Å². The first-order valence-corrected chi connectivity index (χ1v) is 7.18. The van der Waals surface area contributed by atoms with Gasteiger partial charge in [0.1, 0.15) is 12.1 Å². The first kappa shape index (κ1) is 15.0. The standard InChI is InChI=1S/C14H23N3O3/c1-13(2)12(20)16-10(18)9-17(13)11(19)8-14(15)6-4-3-5-7-14/h3-9,15H2,1-2H3,(H,16,18,20). The fourth-order valence-electron chi connectivity index (χ4n) is 3.01. The highest BCUT2D eigenvalue weighted by molar-refractivity contribution is 6.06. The number of amides is 3. The first-order valence-electron chi connectivity index (χ1n) is 7.18. The number of piperazine rings is 1. The molecule has 0 aromatic carbocycles. The Morgan fingerprint density at radius 3 is 2.45 bits per heavy atom. The van der Waals surface area contributed by atoms with Gasteiger partial charge in [0.25, 0.3) is 5.91 Å². The molecule has 3 N–H and O–H groups in total. The number of carbonyl (C=O) groups is 3. The van der Waals surface area contributed by atoms with E-state index in [2.05, 4.69) is 5.32 Å². The topological polar surface area (TPSA) is 92.5 Å². The molecule has 0 radical (unpaired) electrons. The van der Waals surface area contributed by atoms with Crippen LogP contribution in [0.25, 0.3) is 0 Å². The van der Waals surface area contributed by atoms with Crippen molar-refractivity contribution in [2.75, 3.05) is 6.54 Å². The Morgan fingerprint density at radius 2 is 1.85 bits per heavy atom. The van der Waals surface area contributed by atoms with Crippen LogP contribution in [-0.2, 0) is 14.4 Å². The molecule has 0 aromatic heterocycles. The maximum Gasteiger partial charge on any atom is 0.252 e. The van der Waals surface area contributed by atoms with Crippen molar-refractivity contribution in [3.63, 3.8) is 0 Å². The normalized spacial score (nSPS) is 25.2. The molecule has 20 heavy (non-hydrogen) atoms. The van der Waals surface area contributed by atoms with Gasteiger partial charge < -0.3 is 10.6 Å². The molecular weight excluding hydrogens is 258 g/mol. The second-order valence-electron chi connectivity index (χ2n) is 6.52. The lowest BCUT2D eigenvalue weighted by atomic mass is 9.79. The zero-order chi connectivity index (χ0) is 15.0. The Balaban J connectivity index is 2.10. The van der Waals surface area contributed by atoms with Gasteiger partial charge in [-0.15, -0.1) is 0 Å². The zero-order valence-corrected chi connectivity index (χ0v) is 12.2. The molecule has 6 nitrogen and oxygen atoms in total. The minimum absolute atomic E-state index is 0.0757. The van der Waals surface area contributed by atoms with Gasteiger partial charge in [0.15, 0.2) is 0 Å². The van der Waals surface area contributed by atoms with Crippen LogP contribution in [0.1, 0.15) is 52.4 Å². The molecule has 112 valence electrons. The van der Waals surface area contributed by atoms with Crippen molar-refractivity contribution in [3.8, 4) is 0 Å². The molecule has 1 aliphatic heterocycles. The summed E-state index contributed by atoms with van der Waals surface area (Å²) in [6.07, 6.45) is 5.08. The van der Waals surface area contributed by atoms with Crippen LogP contribution >= 0.6 is 0 Å². The SMILES string of the molecule is CC1(C)C(=O)NC(=O)CN1C(=O)CC1(N)CCCCC1. The van der Waals surface area contributed by atoms with Crippen molar-refractivity contribution in [2.45, 2.75) is 63.5 Å². The predicted octanol–water partition coefficient (Wildman–Crippen LogP) is 0.302. The molecule has 0 spiro atoms. The second-order valence-corrected chi connectivity index (χ2v) is 6.52. The van der Waals surface area contributed by atoms with Crippen LogP contribution in [0, 0.1) is 0 Å². The molecule has 1 aliphatic carbocycles. The third kappa shape index (κ3) is 2.85. The largest absolute Gasteiger partial charge is 0.325 e. The Kier molecular flexibility index (Phi) is 3.86. The van der Waals surface area contributed by atoms with Gasteiger partial charge in [0.05, 0.1) is 0 Å². The molecule has 0 bridgehead atoms. The lowest BCUT2D eigenvalue weighted by Gasteiger charge is -2.42. The van der Waals surface area contributed by atoms with Crippen LogP contribution in [0.3, 0.4) is 0 Å². The quantitative estimate of drug-likeness (QED) is 0.712. The molecule has 1 saturated heterocycles. The van der Waals surface area contributed by atoms with Gasteiger partial charge in [0, 0.05) is 12.0 Å². The third-order valence-electron chi connectivity index (χ3n) is 4.44. The van der Waals surface area contributed by atoms with Crippen molar-refractivity contribution < 1.29 is 14.4 Å². The number of nitrogens with zero attached hydrogens (tertiary/aromatic N) is 1. The average molecular weight is 281 g/mol. The number of hydrogen-bond donors (Lipinski definition) is 2. The number of imide groups is 1. The molecule has 2 fully saturated rings. The maximum atomic E-state index is 12.5.